The Morgan fingerprint density at radius 2 is 1.96 bits per heavy atom. The van der Waals surface area contributed by atoms with E-state index in [0.29, 0.717) is 11.6 Å². The molecule has 1 aromatic heterocycles. The second-order valence-electron chi connectivity index (χ2n) is 6.14. The van der Waals surface area contributed by atoms with Gasteiger partial charge in [-0.05, 0) is 52.9 Å². The lowest BCUT2D eigenvalue weighted by molar-refractivity contribution is 0.296. The van der Waals surface area contributed by atoms with Gasteiger partial charge in [0.25, 0.3) is 0 Å². The van der Waals surface area contributed by atoms with Crippen LogP contribution >= 0.6 is 0 Å². The van der Waals surface area contributed by atoms with Crippen LogP contribution in [-0.2, 0) is 13.7 Å². The molecule has 0 unspecified atom stereocenters. The van der Waals surface area contributed by atoms with E-state index in [1.54, 1.807) is 6.07 Å². The molecule has 7 heteroatoms. The van der Waals surface area contributed by atoms with E-state index in [9.17, 15) is 9.18 Å². The second kappa shape index (κ2) is 6.16. The third kappa shape index (κ3) is 2.93. The Morgan fingerprint density at radius 3 is 2.68 bits per heavy atom. The highest BCUT2D eigenvalue weighted by Crippen LogP contribution is 2.44. The lowest BCUT2D eigenvalue weighted by Crippen LogP contribution is -2.23. The quantitative estimate of drug-likeness (QED) is 0.716. The highest BCUT2D eigenvalue weighted by molar-refractivity contribution is 5.42. The molecule has 0 radical (unpaired) electrons. The van der Waals surface area contributed by atoms with Gasteiger partial charge < -0.3 is 4.74 Å². The normalized spacial score (nSPS) is 13.8. The van der Waals surface area contributed by atoms with Gasteiger partial charge in [0.2, 0.25) is 0 Å². The predicted molar refractivity (Wildman–Crippen MR) is 89.3 cm³/mol. The molecule has 1 fully saturated rings. The minimum Gasteiger partial charge on any atom is -0.488 e. The van der Waals surface area contributed by atoms with Gasteiger partial charge in [-0.1, -0.05) is 24.3 Å². The van der Waals surface area contributed by atoms with Crippen molar-refractivity contribution in [2.24, 2.45) is 7.05 Å². The summed E-state index contributed by atoms with van der Waals surface area (Å²) < 4.78 is 22.5. The first-order chi connectivity index (χ1) is 12.1. The summed E-state index contributed by atoms with van der Waals surface area (Å²) in [6, 6.07) is 12.3. The van der Waals surface area contributed by atoms with Crippen LogP contribution in [0.4, 0.5) is 4.39 Å². The standard InChI is InChI=1S/C18H17FN4O2/c1-22-18(24)23(21-20-22)16-7-4-6-15(19)14(16)11-25-17-8-3-2-5-13(17)12-9-10-12/h2-8,12H,9-11H2,1H3. The highest BCUT2D eigenvalue weighted by atomic mass is 19.1. The number of aromatic nitrogens is 4. The summed E-state index contributed by atoms with van der Waals surface area (Å²) >= 11 is 0. The summed E-state index contributed by atoms with van der Waals surface area (Å²) in [5, 5.41) is 7.47. The topological polar surface area (TPSA) is 61.9 Å². The average Bonchev–Trinajstić information content (AvgIpc) is 3.41. The molecule has 0 saturated heterocycles. The number of halogens is 1. The van der Waals surface area contributed by atoms with Crippen LogP contribution in [0.25, 0.3) is 5.69 Å². The van der Waals surface area contributed by atoms with Gasteiger partial charge in [0.05, 0.1) is 11.3 Å². The Kier molecular flexibility index (Phi) is 3.83. The lowest BCUT2D eigenvalue weighted by Gasteiger charge is -2.13. The van der Waals surface area contributed by atoms with Crippen molar-refractivity contribution in [3.05, 3.63) is 69.9 Å². The van der Waals surface area contributed by atoms with Crippen LogP contribution in [-0.4, -0.2) is 19.8 Å². The van der Waals surface area contributed by atoms with E-state index in [0.717, 1.165) is 33.5 Å². The molecular weight excluding hydrogens is 323 g/mol. The number of hydrogen-bond donors (Lipinski definition) is 0. The van der Waals surface area contributed by atoms with E-state index in [1.165, 1.54) is 19.2 Å². The maximum atomic E-state index is 14.4. The molecule has 1 saturated carbocycles. The largest absolute Gasteiger partial charge is 0.488 e. The molecule has 2 aromatic carbocycles. The summed E-state index contributed by atoms with van der Waals surface area (Å²) in [6.45, 7) is 0.00868. The Bertz CT molecular complexity index is 975. The van der Waals surface area contributed by atoms with Gasteiger partial charge in [-0.15, -0.1) is 0 Å². The van der Waals surface area contributed by atoms with Crippen molar-refractivity contribution < 1.29 is 9.13 Å². The van der Waals surface area contributed by atoms with Crippen LogP contribution in [0.5, 0.6) is 5.75 Å². The number of tetrazole rings is 1. The molecule has 6 nitrogen and oxygen atoms in total. The third-order valence-corrected chi connectivity index (χ3v) is 4.35. The summed E-state index contributed by atoms with van der Waals surface area (Å²) in [7, 11) is 1.49. The average molecular weight is 340 g/mol. The number of benzene rings is 2. The minimum atomic E-state index is -0.445. The fourth-order valence-corrected chi connectivity index (χ4v) is 2.85. The molecule has 0 spiro atoms. The van der Waals surface area contributed by atoms with E-state index in [1.807, 2.05) is 24.3 Å². The van der Waals surface area contributed by atoms with Gasteiger partial charge in [-0.2, -0.15) is 9.36 Å². The van der Waals surface area contributed by atoms with Gasteiger partial charge in [-0.25, -0.2) is 9.18 Å². The van der Waals surface area contributed by atoms with Gasteiger partial charge in [0.15, 0.2) is 0 Å². The summed E-state index contributed by atoms with van der Waals surface area (Å²) in [6.07, 6.45) is 2.31. The molecule has 0 aliphatic heterocycles. The van der Waals surface area contributed by atoms with Gasteiger partial charge in [0, 0.05) is 7.05 Å². The molecule has 0 N–H and O–H groups in total. The van der Waals surface area contributed by atoms with Crippen molar-refractivity contribution in [2.45, 2.75) is 25.4 Å². The minimum absolute atomic E-state index is 0.00868. The molecule has 3 aromatic rings. The zero-order valence-electron chi connectivity index (χ0n) is 13.7. The molecular formula is C18H17FN4O2. The Labute approximate surface area is 143 Å². The van der Waals surface area contributed by atoms with Crippen molar-refractivity contribution in [1.82, 2.24) is 19.8 Å². The van der Waals surface area contributed by atoms with E-state index < -0.39 is 11.5 Å². The molecule has 1 aliphatic carbocycles. The van der Waals surface area contributed by atoms with Crippen molar-refractivity contribution >= 4 is 0 Å². The number of nitrogens with zero attached hydrogens (tertiary/aromatic N) is 4. The maximum Gasteiger partial charge on any atom is 0.368 e. The number of rotatable bonds is 5. The first kappa shape index (κ1) is 15.6. The van der Waals surface area contributed by atoms with Gasteiger partial charge in [-0.3, -0.25) is 0 Å². The monoisotopic (exact) mass is 340 g/mol. The third-order valence-electron chi connectivity index (χ3n) is 4.35. The molecule has 0 amide bonds. The summed E-state index contributed by atoms with van der Waals surface area (Å²) in [5.74, 6) is 0.837. The SMILES string of the molecule is Cn1nnn(-c2cccc(F)c2COc2ccccc2C2CC2)c1=O. The van der Waals surface area contributed by atoms with Crippen molar-refractivity contribution in [3.8, 4) is 11.4 Å². The van der Waals surface area contributed by atoms with Crippen LogP contribution in [0.15, 0.2) is 47.3 Å². The highest BCUT2D eigenvalue weighted by Gasteiger charge is 2.26. The van der Waals surface area contributed by atoms with Crippen molar-refractivity contribution in [2.75, 3.05) is 0 Å². The van der Waals surface area contributed by atoms with Crippen molar-refractivity contribution in [3.63, 3.8) is 0 Å². The molecule has 0 bridgehead atoms. The molecule has 1 aliphatic rings. The fraction of sp³-hybridized carbons (Fsp3) is 0.278. The lowest BCUT2D eigenvalue weighted by atomic mass is 10.1. The van der Waals surface area contributed by atoms with Gasteiger partial charge >= 0.3 is 5.69 Å². The first-order valence-corrected chi connectivity index (χ1v) is 8.13. The Hall–Kier alpha value is -2.96. The number of para-hydroxylation sites is 1. The van der Waals surface area contributed by atoms with Crippen LogP contribution in [0.2, 0.25) is 0 Å². The molecule has 128 valence electrons. The molecule has 0 atom stereocenters. The summed E-state index contributed by atoms with van der Waals surface area (Å²) in [4.78, 5) is 12.1. The van der Waals surface area contributed by atoms with E-state index in [2.05, 4.69) is 10.4 Å². The van der Waals surface area contributed by atoms with Crippen LogP contribution in [0.1, 0.15) is 29.9 Å². The van der Waals surface area contributed by atoms with Crippen LogP contribution in [0, 0.1) is 5.82 Å². The van der Waals surface area contributed by atoms with Crippen LogP contribution in [0.3, 0.4) is 0 Å². The molecule has 25 heavy (non-hydrogen) atoms. The fourth-order valence-electron chi connectivity index (χ4n) is 2.85. The van der Waals surface area contributed by atoms with E-state index in [4.69, 9.17) is 4.74 Å². The van der Waals surface area contributed by atoms with Crippen LogP contribution < -0.4 is 10.4 Å². The molecule has 4 rings (SSSR count). The second-order valence-corrected chi connectivity index (χ2v) is 6.14. The van der Waals surface area contributed by atoms with Gasteiger partial charge in [0.1, 0.15) is 18.2 Å². The zero-order chi connectivity index (χ0) is 17.4. The van der Waals surface area contributed by atoms with Crippen molar-refractivity contribution in [1.29, 1.82) is 0 Å². The zero-order valence-corrected chi connectivity index (χ0v) is 13.7. The number of aryl methyl sites for hydroxylation is 1. The summed E-state index contributed by atoms with van der Waals surface area (Å²) in [5.41, 5.74) is 1.32. The Morgan fingerprint density at radius 1 is 1.16 bits per heavy atom. The number of ether oxygens (including phenoxy) is 1. The van der Waals surface area contributed by atoms with E-state index >= 15 is 0 Å². The molecule has 1 heterocycles. The Balaban J connectivity index is 1.67. The number of hydrogen-bond acceptors (Lipinski definition) is 4. The van der Waals surface area contributed by atoms with E-state index in [-0.39, 0.29) is 12.2 Å². The predicted octanol–water partition coefficient (Wildman–Crippen LogP) is 2.56. The maximum absolute atomic E-state index is 14.4. The smallest absolute Gasteiger partial charge is 0.368 e. The first-order valence-electron chi connectivity index (χ1n) is 8.13.